The van der Waals surface area contributed by atoms with E-state index in [1.165, 1.54) is 5.56 Å². The zero-order valence-corrected chi connectivity index (χ0v) is 6.55. The van der Waals surface area contributed by atoms with Crippen molar-refractivity contribution in [1.29, 1.82) is 0 Å². The van der Waals surface area contributed by atoms with Crippen LogP contribution < -0.4 is 0 Å². The largest absolute Gasteiger partial charge is 0.367 e. The molecule has 0 fully saturated rings. The second-order valence-corrected chi connectivity index (χ2v) is 2.63. The molecule has 1 aromatic rings. The lowest BCUT2D eigenvalue weighted by atomic mass is 10.1. The first-order valence-corrected chi connectivity index (χ1v) is 3.99. The van der Waals surface area contributed by atoms with Gasteiger partial charge in [0.2, 0.25) is 0 Å². The van der Waals surface area contributed by atoms with Crippen LogP contribution in [0.2, 0.25) is 0 Å². The number of carbonyl (C=O) groups excluding carboxylic acids is 1. The molecule has 0 bridgehead atoms. The lowest BCUT2D eigenvalue weighted by molar-refractivity contribution is -0.107. The van der Waals surface area contributed by atoms with Gasteiger partial charge in [-0.2, -0.15) is 0 Å². The predicted octanol–water partition coefficient (Wildman–Crippen LogP) is 1.93. The highest BCUT2D eigenvalue weighted by Crippen LogP contribution is 2.03. The molecule has 1 N–H and O–H groups in total. The first-order valence-electron chi connectivity index (χ1n) is 3.99. The molecule has 0 aliphatic heterocycles. The molecule has 11 heavy (non-hydrogen) atoms. The average Bonchev–Trinajstić information content (AvgIpc) is 2.50. The number of aromatic nitrogens is 1. The number of aldehydes is 1. The highest BCUT2D eigenvalue weighted by molar-refractivity contribution is 5.48. The number of nitrogens with one attached hydrogen (secondary N) is 1. The van der Waals surface area contributed by atoms with Crippen LogP contribution in [-0.4, -0.2) is 11.3 Å². The summed E-state index contributed by atoms with van der Waals surface area (Å²) in [6, 6.07) is 2.07. The number of aromatic amines is 1. The second-order valence-electron chi connectivity index (χ2n) is 2.63. The summed E-state index contributed by atoms with van der Waals surface area (Å²) in [5.74, 6) is 0. The summed E-state index contributed by atoms with van der Waals surface area (Å²) in [5.41, 5.74) is 1.33. The normalized spacial score (nSPS) is 9.82. The number of hydrogen-bond donors (Lipinski definition) is 1. The third-order valence-corrected chi connectivity index (χ3v) is 1.70. The van der Waals surface area contributed by atoms with E-state index in [1.807, 2.05) is 12.4 Å². The molecule has 0 saturated heterocycles. The van der Waals surface area contributed by atoms with Crippen LogP contribution in [0.15, 0.2) is 18.5 Å². The van der Waals surface area contributed by atoms with E-state index in [4.69, 9.17) is 0 Å². The molecule has 0 saturated carbocycles. The number of carbonyl (C=O) groups is 1. The molecule has 0 aliphatic rings. The van der Waals surface area contributed by atoms with Gasteiger partial charge in [-0.25, -0.2) is 0 Å². The van der Waals surface area contributed by atoms with Crippen molar-refractivity contribution in [2.24, 2.45) is 0 Å². The molecule has 0 spiro atoms. The van der Waals surface area contributed by atoms with Crippen LogP contribution in [0, 0.1) is 0 Å². The minimum Gasteiger partial charge on any atom is -0.367 e. The third kappa shape index (κ3) is 3.03. The van der Waals surface area contributed by atoms with Crippen LogP contribution in [0.3, 0.4) is 0 Å². The number of rotatable bonds is 5. The number of aryl methyl sites for hydroxylation is 1. The predicted molar refractivity (Wildman–Crippen MR) is 44.4 cm³/mol. The molecule has 0 atom stereocenters. The summed E-state index contributed by atoms with van der Waals surface area (Å²) < 4.78 is 0. The monoisotopic (exact) mass is 151 g/mol. The molecule has 0 amide bonds. The zero-order chi connectivity index (χ0) is 7.94. The Balaban J connectivity index is 2.09. The van der Waals surface area contributed by atoms with Crippen LogP contribution in [-0.2, 0) is 11.2 Å². The minimum absolute atomic E-state index is 0.699. The fraction of sp³-hybridized carbons (Fsp3) is 0.444. The number of hydrogen-bond acceptors (Lipinski definition) is 1. The van der Waals surface area contributed by atoms with Crippen molar-refractivity contribution < 1.29 is 4.79 Å². The van der Waals surface area contributed by atoms with Crippen LogP contribution >= 0.6 is 0 Å². The Morgan fingerprint density at radius 2 is 2.36 bits per heavy atom. The van der Waals surface area contributed by atoms with Gasteiger partial charge in [0.25, 0.3) is 0 Å². The Hall–Kier alpha value is -1.05. The van der Waals surface area contributed by atoms with Crippen molar-refractivity contribution in [3.63, 3.8) is 0 Å². The van der Waals surface area contributed by atoms with Crippen molar-refractivity contribution in [1.82, 2.24) is 4.98 Å². The third-order valence-electron chi connectivity index (χ3n) is 1.70. The fourth-order valence-corrected chi connectivity index (χ4v) is 1.07. The van der Waals surface area contributed by atoms with Gasteiger partial charge >= 0.3 is 0 Å². The molecule has 1 heterocycles. The fourth-order valence-electron chi connectivity index (χ4n) is 1.07. The maximum absolute atomic E-state index is 9.96. The first kappa shape index (κ1) is 8.05. The van der Waals surface area contributed by atoms with Crippen LogP contribution in [0.1, 0.15) is 24.8 Å². The minimum atomic E-state index is 0.699. The van der Waals surface area contributed by atoms with E-state index < -0.39 is 0 Å². The van der Waals surface area contributed by atoms with Gasteiger partial charge < -0.3 is 9.78 Å². The van der Waals surface area contributed by atoms with E-state index in [9.17, 15) is 4.79 Å². The maximum atomic E-state index is 9.96. The SMILES string of the molecule is O=CCCCCc1cc[nH]c1. The second kappa shape index (κ2) is 4.72. The molecule has 60 valence electrons. The smallest absolute Gasteiger partial charge is 0.119 e. The molecule has 1 rings (SSSR count). The molecule has 2 nitrogen and oxygen atoms in total. The molecular weight excluding hydrogens is 138 g/mol. The van der Waals surface area contributed by atoms with Crippen LogP contribution in [0.5, 0.6) is 0 Å². The molecule has 2 heteroatoms. The Morgan fingerprint density at radius 1 is 1.45 bits per heavy atom. The van der Waals surface area contributed by atoms with E-state index >= 15 is 0 Å². The number of unbranched alkanes of at least 4 members (excludes halogenated alkanes) is 2. The quantitative estimate of drug-likeness (QED) is 0.506. The summed E-state index contributed by atoms with van der Waals surface area (Å²) in [6.07, 6.45) is 8.81. The summed E-state index contributed by atoms with van der Waals surface area (Å²) in [4.78, 5) is 13.0. The Bertz CT molecular complexity index is 191. The van der Waals surface area contributed by atoms with Gasteiger partial charge in [-0.1, -0.05) is 0 Å². The first-order chi connectivity index (χ1) is 5.43. The van der Waals surface area contributed by atoms with Crippen molar-refractivity contribution >= 4 is 6.29 Å². The van der Waals surface area contributed by atoms with Crippen LogP contribution in [0.4, 0.5) is 0 Å². The highest BCUT2D eigenvalue weighted by atomic mass is 16.1. The van der Waals surface area contributed by atoms with Gasteiger partial charge in [0.05, 0.1) is 0 Å². The van der Waals surface area contributed by atoms with E-state index in [0.717, 1.165) is 25.5 Å². The van der Waals surface area contributed by atoms with Crippen molar-refractivity contribution in [2.45, 2.75) is 25.7 Å². The average molecular weight is 151 g/mol. The lowest BCUT2D eigenvalue weighted by Crippen LogP contribution is -1.83. The topological polar surface area (TPSA) is 32.9 Å². The highest BCUT2D eigenvalue weighted by Gasteiger charge is 1.91. The van der Waals surface area contributed by atoms with Crippen molar-refractivity contribution in [3.8, 4) is 0 Å². The van der Waals surface area contributed by atoms with Gasteiger partial charge in [-0.05, 0) is 30.9 Å². The summed E-state index contributed by atoms with van der Waals surface area (Å²) in [6.45, 7) is 0. The Kier molecular flexibility index (Phi) is 3.45. The zero-order valence-electron chi connectivity index (χ0n) is 6.55. The molecular formula is C9H13NO. The molecule has 1 aromatic heterocycles. The van der Waals surface area contributed by atoms with E-state index in [0.29, 0.717) is 6.42 Å². The standard InChI is InChI=1S/C9H13NO/c11-7-3-1-2-4-9-5-6-10-8-9/h5-8,10H,1-4H2. The summed E-state index contributed by atoms with van der Waals surface area (Å²) in [7, 11) is 0. The van der Waals surface area contributed by atoms with E-state index in [2.05, 4.69) is 11.1 Å². The van der Waals surface area contributed by atoms with E-state index in [1.54, 1.807) is 0 Å². The molecule has 0 aromatic carbocycles. The molecule has 0 radical (unpaired) electrons. The Labute approximate surface area is 66.6 Å². The van der Waals surface area contributed by atoms with Crippen molar-refractivity contribution in [2.75, 3.05) is 0 Å². The summed E-state index contributed by atoms with van der Waals surface area (Å²) >= 11 is 0. The van der Waals surface area contributed by atoms with Gasteiger partial charge in [-0.3, -0.25) is 0 Å². The van der Waals surface area contributed by atoms with Gasteiger partial charge in [0, 0.05) is 18.8 Å². The van der Waals surface area contributed by atoms with Gasteiger partial charge in [0.1, 0.15) is 6.29 Å². The van der Waals surface area contributed by atoms with E-state index in [-0.39, 0.29) is 0 Å². The van der Waals surface area contributed by atoms with Crippen LogP contribution in [0.25, 0.3) is 0 Å². The van der Waals surface area contributed by atoms with Gasteiger partial charge in [0.15, 0.2) is 0 Å². The number of H-pyrrole nitrogens is 1. The molecule has 0 unspecified atom stereocenters. The van der Waals surface area contributed by atoms with Crippen molar-refractivity contribution in [3.05, 3.63) is 24.0 Å². The Morgan fingerprint density at radius 3 is 3.00 bits per heavy atom. The van der Waals surface area contributed by atoms with Gasteiger partial charge in [-0.15, -0.1) is 0 Å². The molecule has 0 aliphatic carbocycles. The summed E-state index contributed by atoms with van der Waals surface area (Å²) in [5, 5.41) is 0. The lowest BCUT2D eigenvalue weighted by Gasteiger charge is -1.93. The maximum Gasteiger partial charge on any atom is 0.119 e.